The molecule has 0 radical (unpaired) electrons. The van der Waals surface area contributed by atoms with Crippen LogP contribution in [0.5, 0.6) is 0 Å². The standard InChI is InChI=1S/C24H32N6O2/c1-24(2,3)32-21(31)13-17-7-10-29(11-8-17)15-18-9-12-30-22(18)23(26-16-27-30)28-20-6-4-5-19(25)14-20/h4-6,9,12,14,16-17H,7-8,10-11,13,15,25H2,1-3H3,(H,26,27,28). The van der Waals surface area contributed by atoms with Crippen molar-refractivity contribution in [2.75, 3.05) is 24.1 Å². The van der Waals surface area contributed by atoms with E-state index in [0.29, 0.717) is 18.0 Å². The molecular formula is C24H32N6O2. The number of esters is 1. The Labute approximate surface area is 188 Å². The zero-order chi connectivity index (χ0) is 22.7. The number of rotatable bonds is 6. The maximum atomic E-state index is 12.2. The molecule has 1 fully saturated rings. The molecule has 1 aliphatic heterocycles. The number of nitrogens with zero attached hydrogens (tertiary/aromatic N) is 4. The average molecular weight is 437 g/mol. The predicted octanol–water partition coefficient (Wildman–Crippen LogP) is 4.00. The first-order valence-corrected chi connectivity index (χ1v) is 11.1. The summed E-state index contributed by atoms with van der Waals surface area (Å²) in [6, 6.07) is 9.72. The average Bonchev–Trinajstić information content (AvgIpc) is 3.12. The van der Waals surface area contributed by atoms with Crippen LogP contribution >= 0.6 is 0 Å². The summed E-state index contributed by atoms with van der Waals surface area (Å²) >= 11 is 0. The van der Waals surface area contributed by atoms with E-state index in [1.807, 2.05) is 55.7 Å². The van der Waals surface area contributed by atoms with E-state index in [4.69, 9.17) is 10.5 Å². The van der Waals surface area contributed by atoms with Crippen LogP contribution in [0.3, 0.4) is 0 Å². The normalized spacial score (nSPS) is 15.7. The molecule has 2 aromatic heterocycles. The number of benzene rings is 1. The largest absolute Gasteiger partial charge is 0.460 e. The topological polar surface area (TPSA) is 97.8 Å². The van der Waals surface area contributed by atoms with Crippen molar-refractivity contribution in [1.82, 2.24) is 19.5 Å². The number of fused-ring (bicyclic) bond motifs is 1. The van der Waals surface area contributed by atoms with E-state index in [1.54, 1.807) is 6.33 Å². The van der Waals surface area contributed by atoms with Gasteiger partial charge in [0.2, 0.25) is 0 Å². The van der Waals surface area contributed by atoms with Crippen LogP contribution in [-0.4, -0.2) is 44.2 Å². The van der Waals surface area contributed by atoms with Gasteiger partial charge in [0.05, 0.1) is 0 Å². The fraction of sp³-hybridized carbons (Fsp3) is 0.458. The molecule has 0 saturated carbocycles. The molecule has 3 heterocycles. The number of nitrogens with two attached hydrogens (primary N) is 1. The van der Waals surface area contributed by atoms with Crippen molar-refractivity contribution in [2.24, 2.45) is 5.92 Å². The Hall–Kier alpha value is -3.13. The second-order valence-electron chi connectivity index (χ2n) is 9.50. The number of aromatic nitrogens is 3. The second-order valence-corrected chi connectivity index (χ2v) is 9.50. The van der Waals surface area contributed by atoms with E-state index >= 15 is 0 Å². The molecule has 0 aliphatic carbocycles. The van der Waals surface area contributed by atoms with E-state index < -0.39 is 5.60 Å². The number of carbonyl (C=O) groups is 1. The minimum absolute atomic E-state index is 0.0937. The van der Waals surface area contributed by atoms with E-state index in [-0.39, 0.29) is 5.97 Å². The van der Waals surface area contributed by atoms with Crippen LogP contribution in [0.1, 0.15) is 45.6 Å². The lowest BCUT2D eigenvalue weighted by Crippen LogP contribution is -2.34. The summed E-state index contributed by atoms with van der Waals surface area (Å²) in [4.78, 5) is 19.1. The summed E-state index contributed by atoms with van der Waals surface area (Å²) < 4.78 is 7.34. The van der Waals surface area contributed by atoms with Gasteiger partial charge in [0.1, 0.15) is 17.4 Å². The van der Waals surface area contributed by atoms with Gasteiger partial charge in [-0.05, 0) is 82.4 Å². The van der Waals surface area contributed by atoms with Crippen LogP contribution in [0.2, 0.25) is 0 Å². The fourth-order valence-corrected chi connectivity index (χ4v) is 4.20. The first kappa shape index (κ1) is 22.1. The zero-order valence-corrected chi connectivity index (χ0v) is 19.0. The van der Waals surface area contributed by atoms with Crippen molar-refractivity contribution in [3.05, 3.63) is 48.4 Å². The first-order chi connectivity index (χ1) is 15.3. The maximum absolute atomic E-state index is 12.2. The smallest absolute Gasteiger partial charge is 0.306 e. The van der Waals surface area contributed by atoms with Crippen LogP contribution in [0, 0.1) is 5.92 Å². The van der Waals surface area contributed by atoms with Crippen LogP contribution < -0.4 is 11.1 Å². The zero-order valence-electron chi connectivity index (χ0n) is 19.0. The van der Waals surface area contributed by atoms with Gasteiger partial charge in [0, 0.05) is 30.5 Å². The van der Waals surface area contributed by atoms with E-state index in [2.05, 4.69) is 26.4 Å². The van der Waals surface area contributed by atoms with Crippen molar-refractivity contribution < 1.29 is 9.53 Å². The number of hydrogen-bond donors (Lipinski definition) is 2. The first-order valence-electron chi connectivity index (χ1n) is 11.1. The Bertz CT molecular complexity index is 1080. The summed E-state index contributed by atoms with van der Waals surface area (Å²) in [5.41, 5.74) is 9.21. The fourth-order valence-electron chi connectivity index (χ4n) is 4.20. The van der Waals surface area contributed by atoms with Gasteiger partial charge < -0.3 is 15.8 Å². The Morgan fingerprint density at radius 3 is 2.75 bits per heavy atom. The van der Waals surface area contributed by atoms with Crippen molar-refractivity contribution in [3.8, 4) is 0 Å². The minimum atomic E-state index is -0.423. The minimum Gasteiger partial charge on any atom is -0.460 e. The van der Waals surface area contributed by atoms with E-state index in [0.717, 1.165) is 49.5 Å². The highest BCUT2D eigenvalue weighted by atomic mass is 16.6. The van der Waals surface area contributed by atoms with E-state index in [9.17, 15) is 4.79 Å². The number of nitrogens with one attached hydrogen (secondary N) is 1. The highest BCUT2D eigenvalue weighted by molar-refractivity contribution is 5.77. The van der Waals surface area contributed by atoms with E-state index in [1.165, 1.54) is 5.56 Å². The van der Waals surface area contributed by atoms with Gasteiger partial charge in [-0.3, -0.25) is 9.69 Å². The molecule has 170 valence electrons. The van der Waals surface area contributed by atoms with Crippen molar-refractivity contribution in [1.29, 1.82) is 0 Å². The van der Waals surface area contributed by atoms with Crippen molar-refractivity contribution >= 4 is 28.7 Å². The van der Waals surface area contributed by atoms with Crippen molar-refractivity contribution in [2.45, 2.75) is 52.2 Å². The number of likely N-dealkylation sites (tertiary alicyclic amines) is 1. The number of anilines is 3. The van der Waals surface area contributed by atoms with Crippen LogP contribution in [0.4, 0.5) is 17.2 Å². The number of hydrogen-bond acceptors (Lipinski definition) is 7. The van der Waals surface area contributed by atoms with Gasteiger partial charge in [0.25, 0.3) is 0 Å². The third-order valence-electron chi connectivity index (χ3n) is 5.66. The van der Waals surface area contributed by atoms with Gasteiger partial charge in [-0.1, -0.05) is 6.07 Å². The van der Waals surface area contributed by atoms with Crippen LogP contribution in [-0.2, 0) is 16.1 Å². The molecule has 1 aliphatic rings. The molecule has 0 amide bonds. The SMILES string of the molecule is CC(C)(C)OC(=O)CC1CCN(Cc2ccn3ncnc(Nc4cccc(N)c4)c23)CC1. The van der Waals surface area contributed by atoms with Crippen LogP contribution in [0.25, 0.3) is 5.52 Å². The Morgan fingerprint density at radius 1 is 1.25 bits per heavy atom. The lowest BCUT2D eigenvalue weighted by atomic mass is 9.93. The number of carbonyl (C=O) groups excluding carboxylic acids is 1. The predicted molar refractivity (Wildman–Crippen MR) is 126 cm³/mol. The maximum Gasteiger partial charge on any atom is 0.306 e. The van der Waals surface area contributed by atoms with Crippen molar-refractivity contribution in [3.63, 3.8) is 0 Å². The monoisotopic (exact) mass is 436 g/mol. The Kier molecular flexibility index (Phi) is 6.32. The summed E-state index contributed by atoms with van der Waals surface area (Å²) in [5.74, 6) is 1.05. The molecule has 8 nitrogen and oxygen atoms in total. The summed E-state index contributed by atoms with van der Waals surface area (Å²) in [5, 5.41) is 7.74. The molecule has 1 aromatic carbocycles. The molecule has 4 rings (SSSR count). The molecule has 0 bridgehead atoms. The highest BCUT2D eigenvalue weighted by Gasteiger charge is 2.25. The Balaban J connectivity index is 1.40. The lowest BCUT2D eigenvalue weighted by molar-refractivity contribution is -0.156. The van der Waals surface area contributed by atoms with Gasteiger partial charge in [0.15, 0.2) is 5.82 Å². The molecule has 0 spiro atoms. The Morgan fingerprint density at radius 2 is 2.03 bits per heavy atom. The number of ether oxygens (including phenoxy) is 1. The van der Waals surface area contributed by atoms with Gasteiger partial charge in [-0.2, -0.15) is 5.10 Å². The molecule has 32 heavy (non-hydrogen) atoms. The van der Waals surface area contributed by atoms with Gasteiger partial charge in [-0.15, -0.1) is 0 Å². The quantitative estimate of drug-likeness (QED) is 0.445. The third-order valence-corrected chi connectivity index (χ3v) is 5.66. The molecule has 3 N–H and O–H groups in total. The summed E-state index contributed by atoms with van der Waals surface area (Å²) in [7, 11) is 0. The van der Waals surface area contributed by atoms with Crippen LogP contribution in [0.15, 0.2) is 42.9 Å². The lowest BCUT2D eigenvalue weighted by Gasteiger charge is -2.32. The number of piperidine rings is 1. The second kappa shape index (κ2) is 9.16. The molecular weight excluding hydrogens is 404 g/mol. The molecule has 1 saturated heterocycles. The molecule has 0 unspecified atom stereocenters. The highest BCUT2D eigenvalue weighted by Crippen LogP contribution is 2.27. The molecule has 8 heteroatoms. The number of nitrogen functional groups attached to an aromatic ring is 1. The molecule has 0 atom stereocenters. The summed E-state index contributed by atoms with van der Waals surface area (Å²) in [6.45, 7) is 8.46. The van der Waals surface area contributed by atoms with Gasteiger partial charge >= 0.3 is 5.97 Å². The third kappa shape index (κ3) is 5.56. The van der Waals surface area contributed by atoms with Gasteiger partial charge in [-0.25, -0.2) is 9.50 Å². The molecule has 3 aromatic rings. The summed E-state index contributed by atoms with van der Waals surface area (Å²) in [6.07, 6.45) is 6.01.